The van der Waals surface area contributed by atoms with Crippen LogP contribution in [0.25, 0.3) is 6.08 Å². The molecule has 2 rings (SSSR count). The lowest BCUT2D eigenvalue weighted by molar-refractivity contribution is -0.137. The largest absolute Gasteiger partial charge is 0.416 e. The number of carbonyl (C=O) groups excluding carboxylic acids is 1. The number of rotatable bonds is 8. The van der Waals surface area contributed by atoms with E-state index in [1.807, 2.05) is 12.1 Å². The number of carbonyl (C=O) groups is 1. The van der Waals surface area contributed by atoms with Gasteiger partial charge in [-0.25, -0.2) is 0 Å². The van der Waals surface area contributed by atoms with Crippen LogP contribution in [0.1, 0.15) is 48.4 Å². The molecular formula is C22H24F3NO. The first kappa shape index (κ1) is 20.7. The first-order valence-corrected chi connectivity index (χ1v) is 9.09. The summed E-state index contributed by atoms with van der Waals surface area (Å²) in [6, 6.07) is 12.8. The number of amides is 1. The molecule has 0 aliphatic carbocycles. The number of halogens is 3. The minimum Gasteiger partial charge on any atom is -0.348 e. The van der Waals surface area contributed by atoms with E-state index in [1.165, 1.54) is 49.1 Å². The van der Waals surface area contributed by atoms with E-state index in [-0.39, 0.29) is 5.91 Å². The summed E-state index contributed by atoms with van der Waals surface area (Å²) in [7, 11) is 0. The van der Waals surface area contributed by atoms with E-state index >= 15 is 0 Å². The van der Waals surface area contributed by atoms with Crippen molar-refractivity contribution < 1.29 is 18.0 Å². The highest BCUT2D eigenvalue weighted by Gasteiger charge is 2.29. The van der Waals surface area contributed by atoms with Crippen LogP contribution in [0.2, 0.25) is 0 Å². The smallest absolute Gasteiger partial charge is 0.348 e. The molecule has 1 amide bonds. The number of hydrogen-bond acceptors (Lipinski definition) is 1. The van der Waals surface area contributed by atoms with Gasteiger partial charge in [0, 0.05) is 12.6 Å². The van der Waals surface area contributed by atoms with Crippen LogP contribution in [0, 0.1) is 0 Å². The van der Waals surface area contributed by atoms with Crippen LogP contribution in [0.5, 0.6) is 0 Å². The standard InChI is InChI=1S/C22H24F3NO/c1-2-3-4-5-17-6-8-19(9-7-17)16-26-21(27)15-12-18-10-13-20(14-11-18)22(23,24)25/h6-15H,2-5,16H2,1H3,(H,26,27). The second-order valence-electron chi connectivity index (χ2n) is 6.44. The van der Waals surface area contributed by atoms with Crippen LogP contribution in [0.3, 0.4) is 0 Å². The molecule has 1 N–H and O–H groups in total. The van der Waals surface area contributed by atoms with Gasteiger partial charge in [0.1, 0.15) is 0 Å². The maximum Gasteiger partial charge on any atom is 0.416 e. The zero-order valence-corrected chi connectivity index (χ0v) is 15.4. The summed E-state index contributed by atoms with van der Waals surface area (Å²) in [6.45, 7) is 2.59. The molecule has 0 saturated carbocycles. The molecule has 5 heteroatoms. The zero-order valence-electron chi connectivity index (χ0n) is 15.4. The Morgan fingerprint density at radius 2 is 1.59 bits per heavy atom. The van der Waals surface area contributed by atoms with E-state index in [4.69, 9.17) is 0 Å². The van der Waals surface area contributed by atoms with Gasteiger partial charge in [-0.05, 0) is 47.7 Å². The summed E-state index contributed by atoms with van der Waals surface area (Å²) in [5.41, 5.74) is 2.13. The molecule has 2 aromatic carbocycles. The molecule has 0 aliphatic rings. The zero-order chi connectivity index (χ0) is 19.7. The highest BCUT2D eigenvalue weighted by molar-refractivity contribution is 5.91. The van der Waals surface area contributed by atoms with Gasteiger partial charge in [-0.1, -0.05) is 56.2 Å². The molecule has 0 fully saturated rings. The van der Waals surface area contributed by atoms with E-state index in [1.54, 1.807) is 0 Å². The minimum absolute atomic E-state index is 0.290. The lowest BCUT2D eigenvalue weighted by Gasteiger charge is -2.06. The first-order valence-electron chi connectivity index (χ1n) is 9.09. The van der Waals surface area contributed by atoms with Gasteiger partial charge in [0.2, 0.25) is 5.91 Å². The first-order chi connectivity index (χ1) is 12.9. The van der Waals surface area contributed by atoms with Crippen LogP contribution in [-0.2, 0) is 23.9 Å². The number of benzene rings is 2. The Hall–Kier alpha value is -2.56. The molecule has 0 aliphatic heterocycles. The third-order valence-electron chi connectivity index (χ3n) is 4.22. The molecule has 0 spiro atoms. The molecule has 0 saturated heterocycles. The van der Waals surface area contributed by atoms with Gasteiger partial charge >= 0.3 is 6.18 Å². The predicted octanol–water partition coefficient (Wildman–Crippen LogP) is 5.77. The number of hydrogen-bond donors (Lipinski definition) is 1. The average molecular weight is 375 g/mol. The Morgan fingerprint density at radius 3 is 2.19 bits per heavy atom. The summed E-state index contributed by atoms with van der Waals surface area (Å²) in [6.07, 6.45) is 3.13. The number of aryl methyl sites for hydroxylation is 1. The van der Waals surface area contributed by atoms with Gasteiger partial charge in [-0.3, -0.25) is 4.79 Å². The van der Waals surface area contributed by atoms with Gasteiger partial charge < -0.3 is 5.32 Å². The van der Waals surface area contributed by atoms with Crippen molar-refractivity contribution in [2.45, 2.75) is 45.3 Å². The van der Waals surface area contributed by atoms with Crippen molar-refractivity contribution in [3.63, 3.8) is 0 Å². The Balaban J connectivity index is 1.81. The maximum atomic E-state index is 12.5. The lowest BCUT2D eigenvalue weighted by Crippen LogP contribution is -2.20. The van der Waals surface area contributed by atoms with Crippen molar-refractivity contribution in [3.05, 3.63) is 76.9 Å². The normalized spacial score (nSPS) is 11.7. The maximum absolute atomic E-state index is 12.5. The molecule has 0 heterocycles. The van der Waals surface area contributed by atoms with Gasteiger partial charge in [0.25, 0.3) is 0 Å². The molecule has 27 heavy (non-hydrogen) atoms. The van der Waals surface area contributed by atoms with Crippen molar-refractivity contribution in [2.75, 3.05) is 0 Å². The third-order valence-corrected chi connectivity index (χ3v) is 4.22. The van der Waals surface area contributed by atoms with E-state index in [9.17, 15) is 18.0 Å². The Morgan fingerprint density at radius 1 is 0.963 bits per heavy atom. The highest BCUT2D eigenvalue weighted by atomic mass is 19.4. The molecule has 0 aromatic heterocycles. The van der Waals surface area contributed by atoms with Crippen LogP contribution >= 0.6 is 0 Å². The van der Waals surface area contributed by atoms with Gasteiger partial charge in [0.05, 0.1) is 5.56 Å². The van der Waals surface area contributed by atoms with Crippen LogP contribution < -0.4 is 5.32 Å². The molecule has 0 unspecified atom stereocenters. The quantitative estimate of drug-likeness (QED) is 0.461. The van der Waals surface area contributed by atoms with Crippen molar-refractivity contribution in [2.24, 2.45) is 0 Å². The van der Waals surface area contributed by atoms with Crippen LogP contribution in [0.4, 0.5) is 13.2 Å². The van der Waals surface area contributed by atoms with Crippen molar-refractivity contribution in [1.82, 2.24) is 5.32 Å². The minimum atomic E-state index is -4.36. The fourth-order valence-electron chi connectivity index (χ4n) is 2.61. The fourth-order valence-corrected chi connectivity index (χ4v) is 2.61. The second-order valence-corrected chi connectivity index (χ2v) is 6.44. The summed E-state index contributed by atoms with van der Waals surface area (Å²) in [4.78, 5) is 11.9. The fraction of sp³-hybridized carbons (Fsp3) is 0.318. The van der Waals surface area contributed by atoms with Crippen LogP contribution in [0.15, 0.2) is 54.6 Å². The van der Waals surface area contributed by atoms with Gasteiger partial charge in [-0.15, -0.1) is 0 Å². The number of nitrogens with one attached hydrogen (secondary N) is 1. The summed E-state index contributed by atoms with van der Waals surface area (Å²) >= 11 is 0. The highest BCUT2D eigenvalue weighted by Crippen LogP contribution is 2.29. The lowest BCUT2D eigenvalue weighted by atomic mass is 10.1. The summed E-state index contributed by atoms with van der Waals surface area (Å²) in [5.74, 6) is -0.290. The number of unbranched alkanes of at least 4 members (excludes halogenated alkanes) is 2. The Kier molecular flexibility index (Phi) is 7.65. The third kappa shape index (κ3) is 7.29. The van der Waals surface area contributed by atoms with E-state index in [2.05, 4.69) is 24.4 Å². The topological polar surface area (TPSA) is 29.1 Å². The van der Waals surface area contributed by atoms with E-state index < -0.39 is 11.7 Å². The average Bonchev–Trinajstić information content (AvgIpc) is 2.65. The Labute approximate surface area is 158 Å². The van der Waals surface area contributed by atoms with Crippen molar-refractivity contribution in [1.29, 1.82) is 0 Å². The summed E-state index contributed by atoms with van der Waals surface area (Å²) in [5, 5.41) is 2.77. The molecule has 2 aromatic rings. The molecule has 0 bridgehead atoms. The molecule has 0 atom stereocenters. The van der Waals surface area contributed by atoms with Gasteiger partial charge in [-0.2, -0.15) is 13.2 Å². The molecule has 2 nitrogen and oxygen atoms in total. The monoisotopic (exact) mass is 375 g/mol. The van der Waals surface area contributed by atoms with Gasteiger partial charge in [0.15, 0.2) is 0 Å². The van der Waals surface area contributed by atoms with Crippen LogP contribution in [-0.4, -0.2) is 5.91 Å². The number of alkyl halides is 3. The second kappa shape index (κ2) is 9.95. The summed E-state index contributed by atoms with van der Waals surface area (Å²) < 4.78 is 37.5. The Bertz CT molecular complexity index is 747. The SMILES string of the molecule is CCCCCc1ccc(CNC(=O)C=Cc2ccc(C(F)(F)F)cc2)cc1. The van der Waals surface area contributed by atoms with E-state index in [0.29, 0.717) is 12.1 Å². The molecule has 0 radical (unpaired) electrons. The predicted molar refractivity (Wildman–Crippen MR) is 102 cm³/mol. The molecule has 144 valence electrons. The van der Waals surface area contributed by atoms with Crippen molar-refractivity contribution >= 4 is 12.0 Å². The van der Waals surface area contributed by atoms with E-state index in [0.717, 1.165) is 24.1 Å². The molecular weight excluding hydrogens is 351 g/mol. The van der Waals surface area contributed by atoms with Crippen molar-refractivity contribution in [3.8, 4) is 0 Å².